The van der Waals surface area contributed by atoms with Crippen molar-refractivity contribution in [3.8, 4) is 0 Å². The number of ether oxygens (including phenoxy) is 1. The van der Waals surface area contributed by atoms with Crippen LogP contribution in [0.4, 0.5) is 5.82 Å². The Bertz CT molecular complexity index is 382. The number of anilines is 1. The number of aliphatic hydroxyl groups excluding tert-OH is 1. The van der Waals surface area contributed by atoms with Crippen molar-refractivity contribution in [2.24, 2.45) is 0 Å². The van der Waals surface area contributed by atoms with Gasteiger partial charge in [0, 0.05) is 18.8 Å². The van der Waals surface area contributed by atoms with E-state index in [2.05, 4.69) is 16.8 Å². The molecule has 1 unspecified atom stereocenters. The van der Waals surface area contributed by atoms with E-state index in [1.54, 1.807) is 0 Å². The highest BCUT2D eigenvalue weighted by Gasteiger charge is 2.20. The first-order valence-corrected chi connectivity index (χ1v) is 6.18. The first-order valence-electron chi connectivity index (χ1n) is 6.18. The van der Waals surface area contributed by atoms with Crippen molar-refractivity contribution in [3.63, 3.8) is 0 Å². The van der Waals surface area contributed by atoms with Gasteiger partial charge in [0.05, 0.1) is 19.3 Å². The maximum Gasteiger partial charge on any atom is 0.128 e. The molecule has 0 saturated carbocycles. The van der Waals surface area contributed by atoms with Gasteiger partial charge in [-0.25, -0.2) is 4.98 Å². The third kappa shape index (κ3) is 2.76. The number of aromatic nitrogens is 1. The van der Waals surface area contributed by atoms with Gasteiger partial charge in [-0.05, 0) is 25.0 Å². The Morgan fingerprint density at radius 3 is 3.00 bits per heavy atom. The van der Waals surface area contributed by atoms with E-state index in [1.807, 2.05) is 19.1 Å². The van der Waals surface area contributed by atoms with Crippen molar-refractivity contribution < 1.29 is 9.84 Å². The van der Waals surface area contributed by atoms with Crippen LogP contribution < -0.4 is 4.90 Å². The first-order chi connectivity index (χ1) is 8.24. The zero-order chi connectivity index (χ0) is 12.3. The molecule has 2 rings (SSSR count). The van der Waals surface area contributed by atoms with Crippen LogP contribution >= 0.6 is 0 Å². The first kappa shape index (κ1) is 12.3. The average Bonchev–Trinajstić information content (AvgIpc) is 2.38. The minimum Gasteiger partial charge on any atom is -0.392 e. The number of nitrogens with zero attached hydrogens (tertiary/aromatic N) is 2. The maximum atomic E-state index is 9.13. The summed E-state index contributed by atoms with van der Waals surface area (Å²) in [7, 11) is 0. The van der Waals surface area contributed by atoms with Gasteiger partial charge in [0.25, 0.3) is 0 Å². The van der Waals surface area contributed by atoms with Gasteiger partial charge < -0.3 is 14.7 Å². The summed E-state index contributed by atoms with van der Waals surface area (Å²) < 4.78 is 5.64. The van der Waals surface area contributed by atoms with Gasteiger partial charge in [0.1, 0.15) is 5.82 Å². The number of aryl methyl sites for hydroxylation is 1. The number of hydrogen-bond donors (Lipinski definition) is 1. The molecule has 0 aliphatic carbocycles. The molecule has 4 nitrogen and oxygen atoms in total. The molecule has 1 saturated heterocycles. The highest BCUT2D eigenvalue weighted by molar-refractivity contribution is 5.42. The van der Waals surface area contributed by atoms with Gasteiger partial charge in [-0.2, -0.15) is 0 Å². The Kier molecular flexibility index (Phi) is 3.97. The lowest BCUT2D eigenvalue weighted by molar-refractivity contribution is 0.0381. The smallest absolute Gasteiger partial charge is 0.128 e. The SMILES string of the molecule is CCC1CN(c2ccc(CO)c(C)n2)CCO1. The number of hydrogen-bond acceptors (Lipinski definition) is 4. The molecule has 4 heteroatoms. The Balaban J connectivity index is 2.13. The van der Waals surface area contributed by atoms with E-state index < -0.39 is 0 Å². The fraction of sp³-hybridized carbons (Fsp3) is 0.615. The summed E-state index contributed by atoms with van der Waals surface area (Å²) >= 11 is 0. The van der Waals surface area contributed by atoms with Crippen LogP contribution in [0.15, 0.2) is 12.1 Å². The molecular weight excluding hydrogens is 216 g/mol. The standard InChI is InChI=1S/C13H20N2O2/c1-3-12-8-15(6-7-17-12)13-5-4-11(9-16)10(2)14-13/h4-5,12,16H,3,6-9H2,1-2H3. The van der Waals surface area contributed by atoms with E-state index in [9.17, 15) is 0 Å². The molecule has 1 aliphatic rings. The van der Waals surface area contributed by atoms with Crippen LogP contribution in [-0.4, -0.2) is 35.9 Å². The number of pyridine rings is 1. The number of morpholine rings is 1. The summed E-state index contributed by atoms with van der Waals surface area (Å²) in [6.07, 6.45) is 1.34. The summed E-state index contributed by atoms with van der Waals surface area (Å²) in [6, 6.07) is 3.94. The summed E-state index contributed by atoms with van der Waals surface area (Å²) in [4.78, 5) is 6.80. The van der Waals surface area contributed by atoms with E-state index in [-0.39, 0.29) is 6.61 Å². The fourth-order valence-corrected chi connectivity index (χ4v) is 2.09. The lowest BCUT2D eigenvalue weighted by atomic mass is 10.2. The van der Waals surface area contributed by atoms with Crippen molar-refractivity contribution in [2.75, 3.05) is 24.6 Å². The molecule has 1 atom stereocenters. The van der Waals surface area contributed by atoms with Gasteiger partial charge in [-0.15, -0.1) is 0 Å². The minimum absolute atomic E-state index is 0.0554. The highest BCUT2D eigenvalue weighted by Crippen LogP contribution is 2.18. The highest BCUT2D eigenvalue weighted by atomic mass is 16.5. The van der Waals surface area contributed by atoms with E-state index in [0.29, 0.717) is 6.10 Å². The second kappa shape index (κ2) is 5.47. The number of rotatable bonds is 3. The van der Waals surface area contributed by atoms with Crippen LogP contribution in [0.1, 0.15) is 24.6 Å². The third-order valence-electron chi connectivity index (χ3n) is 3.27. The molecule has 17 heavy (non-hydrogen) atoms. The Hall–Kier alpha value is -1.13. The van der Waals surface area contributed by atoms with Crippen LogP contribution in [-0.2, 0) is 11.3 Å². The quantitative estimate of drug-likeness (QED) is 0.864. The van der Waals surface area contributed by atoms with Crippen molar-refractivity contribution in [1.29, 1.82) is 0 Å². The molecule has 1 aromatic rings. The Morgan fingerprint density at radius 1 is 1.53 bits per heavy atom. The maximum absolute atomic E-state index is 9.13. The van der Waals surface area contributed by atoms with Crippen molar-refractivity contribution in [3.05, 3.63) is 23.4 Å². The number of aliphatic hydroxyl groups is 1. The summed E-state index contributed by atoms with van der Waals surface area (Å²) in [6.45, 7) is 6.69. The van der Waals surface area contributed by atoms with Crippen molar-refractivity contribution >= 4 is 5.82 Å². The van der Waals surface area contributed by atoms with E-state index in [0.717, 1.165) is 43.2 Å². The predicted octanol–water partition coefficient (Wildman–Crippen LogP) is 1.50. The second-order valence-corrected chi connectivity index (χ2v) is 4.42. The zero-order valence-electron chi connectivity index (χ0n) is 10.5. The van der Waals surface area contributed by atoms with Crippen LogP contribution in [0.3, 0.4) is 0 Å². The molecule has 0 bridgehead atoms. The van der Waals surface area contributed by atoms with Crippen LogP contribution in [0, 0.1) is 6.92 Å². The molecule has 1 aromatic heterocycles. The minimum atomic E-state index is 0.0554. The molecule has 2 heterocycles. The summed E-state index contributed by atoms with van der Waals surface area (Å²) in [5.74, 6) is 0.987. The molecule has 1 N–H and O–H groups in total. The summed E-state index contributed by atoms with van der Waals surface area (Å²) in [5.41, 5.74) is 1.80. The molecular formula is C13H20N2O2. The van der Waals surface area contributed by atoms with E-state index in [1.165, 1.54) is 0 Å². The van der Waals surface area contributed by atoms with Gasteiger partial charge in [-0.3, -0.25) is 0 Å². The largest absolute Gasteiger partial charge is 0.392 e. The van der Waals surface area contributed by atoms with Gasteiger partial charge in [0.2, 0.25) is 0 Å². The molecule has 1 aliphatic heterocycles. The lowest BCUT2D eigenvalue weighted by Gasteiger charge is -2.33. The molecule has 0 spiro atoms. The van der Waals surface area contributed by atoms with Crippen LogP contribution in [0.5, 0.6) is 0 Å². The predicted molar refractivity (Wildman–Crippen MR) is 67.1 cm³/mol. The fourth-order valence-electron chi connectivity index (χ4n) is 2.09. The third-order valence-corrected chi connectivity index (χ3v) is 3.27. The summed E-state index contributed by atoms with van der Waals surface area (Å²) in [5, 5.41) is 9.13. The molecule has 0 amide bonds. The normalized spacial score (nSPS) is 20.6. The van der Waals surface area contributed by atoms with Gasteiger partial charge >= 0.3 is 0 Å². The molecule has 0 radical (unpaired) electrons. The van der Waals surface area contributed by atoms with E-state index in [4.69, 9.17) is 9.84 Å². The van der Waals surface area contributed by atoms with Crippen LogP contribution in [0.2, 0.25) is 0 Å². The Labute approximate surface area is 102 Å². The van der Waals surface area contributed by atoms with E-state index >= 15 is 0 Å². The molecule has 1 fully saturated rings. The average molecular weight is 236 g/mol. The lowest BCUT2D eigenvalue weighted by Crippen LogP contribution is -2.42. The second-order valence-electron chi connectivity index (χ2n) is 4.42. The zero-order valence-corrected chi connectivity index (χ0v) is 10.5. The van der Waals surface area contributed by atoms with Gasteiger partial charge in [-0.1, -0.05) is 13.0 Å². The molecule has 0 aromatic carbocycles. The van der Waals surface area contributed by atoms with Crippen molar-refractivity contribution in [1.82, 2.24) is 4.98 Å². The van der Waals surface area contributed by atoms with Crippen molar-refractivity contribution in [2.45, 2.75) is 33.0 Å². The topological polar surface area (TPSA) is 45.6 Å². The van der Waals surface area contributed by atoms with Crippen LogP contribution in [0.25, 0.3) is 0 Å². The monoisotopic (exact) mass is 236 g/mol. The molecule has 94 valence electrons. The Morgan fingerprint density at radius 2 is 2.35 bits per heavy atom. The van der Waals surface area contributed by atoms with Gasteiger partial charge in [0.15, 0.2) is 0 Å².